The largest absolute Gasteiger partial charge is 0.224 e. The second-order valence-electron chi connectivity index (χ2n) is 3.11. The van der Waals surface area contributed by atoms with E-state index in [9.17, 15) is 12.8 Å². The predicted octanol–water partition coefficient (Wildman–Crippen LogP) is 2.53. The number of halogens is 2. The molecule has 0 saturated carbocycles. The van der Waals surface area contributed by atoms with Gasteiger partial charge in [-0.05, 0) is 30.7 Å². The molecule has 78 valence electrons. The third-order valence-corrected chi connectivity index (χ3v) is 3.13. The van der Waals surface area contributed by atoms with Gasteiger partial charge in [0.25, 0.3) is 0 Å². The SMILES string of the molecule is CC(Cl)c1cc(F)cc(S(C)(=O)=O)c1. The van der Waals surface area contributed by atoms with Crippen molar-refractivity contribution in [2.45, 2.75) is 17.2 Å². The van der Waals surface area contributed by atoms with Crippen molar-refractivity contribution < 1.29 is 12.8 Å². The van der Waals surface area contributed by atoms with Gasteiger partial charge in [0.15, 0.2) is 9.84 Å². The Morgan fingerprint density at radius 3 is 2.36 bits per heavy atom. The van der Waals surface area contributed by atoms with Gasteiger partial charge in [-0.25, -0.2) is 12.8 Å². The minimum atomic E-state index is -3.38. The van der Waals surface area contributed by atoms with Gasteiger partial charge in [-0.3, -0.25) is 0 Å². The lowest BCUT2D eigenvalue weighted by Gasteiger charge is -2.06. The van der Waals surface area contributed by atoms with E-state index in [-0.39, 0.29) is 4.90 Å². The summed E-state index contributed by atoms with van der Waals surface area (Å²) in [5, 5.41) is -0.411. The fraction of sp³-hybridized carbons (Fsp3) is 0.333. The summed E-state index contributed by atoms with van der Waals surface area (Å²) in [5.41, 5.74) is 0.465. The topological polar surface area (TPSA) is 34.1 Å². The molecule has 14 heavy (non-hydrogen) atoms. The Kier molecular flexibility index (Phi) is 3.17. The predicted molar refractivity (Wildman–Crippen MR) is 53.8 cm³/mol. The van der Waals surface area contributed by atoms with Crippen molar-refractivity contribution in [2.75, 3.05) is 6.26 Å². The zero-order valence-corrected chi connectivity index (χ0v) is 9.36. The molecule has 1 aromatic carbocycles. The van der Waals surface area contributed by atoms with E-state index in [1.54, 1.807) is 6.92 Å². The second kappa shape index (κ2) is 3.87. The number of rotatable bonds is 2. The smallest absolute Gasteiger partial charge is 0.175 e. The highest BCUT2D eigenvalue weighted by Gasteiger charge is 2.12. The first kappa shape index (κ1) is 11.5. The number of sulfone groups is 1. The molecule has 0 N–H and O–H groups in total. The van der Waals surface area contributed by atoms with Crippen molar-refractivity contribution in [3.63, 3.8) is 0 Å². The summed E-state index contributed by atoms with van der Waals surface area (Å²) in [6.07, 6.45) is 1.03. The van der Waals surface area contributed by atoms with Crippen LogP contribution in [-0.2, 0) is 9.84 Å². The van der Waals surface area contributed by atoms with Gasteiger partial charge in [-0.15, -0.1) is 11.6 Å². The maximum absolute atomic E-state index is 13.0. The van der Waals surface area contributed by atoms with E-state index in [0.717, 1.165) is 12.3 Å². The monoisotopic (exact) mass is 236 g/mol. The Morgan fingerprint density at radius 2 is 1.93 bits per heavy atom. The number of hydrogen-bond donors (Lipinski definition) is 0. The molecule has 0 amide bonds. The Bertz CT molecular complexity index is 440. The molecule has 1 atom stereocenters. The van der Waals surface area contributed by atoms with Gasteiger partial charge >= 0.3 is 0 Å². The zero-order chi connectivity index (χ0) is 10.9. The van der Waals surface area contributed by atoms with Crippen LogP contribution in [0.3, 0.4) is 0 Å². The Balaban J connectivity index is 3.35. The summed E-state index contributed by atoms with van der Waals surface area (Å²) >= 11 is 5.74. The Morgan fingerprint density at radius 1 is 1.36 bits per heavy atom. The Labute approximate surface area is 87.6 Å². The minimum Gasteiger partial charge on any atom is -0.224 e. The summed E-state index contributed by atoms with van der Waals surface area (Å²) in [4.78, 5) is -0.0417. The summed E-state index contributed by atoms with van der Waals surface area (Å²) in [7, 11) is -3.38. The molecular formula is C9H10ClFO2S. The summed E-state index contributed by atoms with van der Waals surface area (Å²) in [6.45, 7) is 1.66. The minimum absolute atomic E-state index is 0.0417. The highest BCUT2D eigenvalue weighted by atomic mass is 35.5. The van der Waals surface area contributed by atoms with Crippen molar-refractivity contribution >= 4 is 21.4 Å². The molecule has 1 unspecified atom stereocenters. The number of alkyl halides is 1. The molecule has 0 bridgehead atoms. The first-order valence-corrected chi connectivity index (χ1v) is 6.28. The second-order valence-corrected chi connectivity index (χ2v) is 5.78. The number of hydrogen-bond acceptors (Lipinski definition) is 2. The van der Waals surface area contributed by atoms with Crippen molar-refractivity contribution in [3.05, 3.63) is 29.6 Å². The van der Waals surface area contributed by atoms with Crippen LogP contribution >= 0.6 is 11.6 Å². The van der Waals surface area contributed by atoms with Crippen LogP contribution in [0.25, 0.3) is 0 Å². The third-order valence-electron chi connectivity index (χ3n) is 1.78. The first-order valence-electron chi connectivity index (χ1n) is 3.95. The van der Waals surface area contributed by atoms with E-state index in [1.807, 2.05) is 0 Å². The lowest BCUT2D eigenvalue weighted by molar-refractivity contribution is 0.595. The van der Waals surface area contributed by atoms with Crippen molar-refractivity contribution in [1.82, 2.24) is 0 Å². The Hall–Kier alpha value is -0.610. The van der Waals surface area contributed by atoms with Crippen LogP contribution in [0.1, 0.15) is 17.9 Å². The lowest BCUT2D eigenvalue weighted by Crippen LogP contribution is -1.99. The molecule has 0 aliphatic heterocycles. The molecule has 0 aliphatic carbocycles. The molecule has 0 saturated heterocycles. The molecule has 1 rings (SSSR count). The average molecular weight is 237 g/mol. The highest BCUT2D eigenvalue weighted by Crippen LogP contribution is 2.23. The van der Waals surface area contributed by atoms with E-state index in [2.05, 4.69) is 0 Å². The van der Waals surface area contributed by atoms with Crippen LogP contribution < -0.4 is 0 Å². The van der Waals surface area contributed by atoms with Gasteiger partial charge in [0.05, 0.1) is 10.3 Å². The first-order chi connectivity index (χ1) is 6.30. The van der Waals surface area contributed by atoms with Crippen LogP contribution in [0.2, 0.25) is 0 Å². The van der Waals surface area contributed by atoms with E-state index in [0.29, 0.717) is 5.56 Å². The fourth-order valence-electron chi connectivity index (χ4n) is 1.03. The summed E-state index contributed by atoms with van der Waals surface area (Å²) in [5.74, 6) is -0.588. The standard InChI is InChI=1S/C9H10ClFO2S/c1-6(10)7-3-8(11)5-9(4-7)14(2,12)13/h3-6H,1-2H3. The normalized spacial score (nSPS) is 14.0. The maximum Gasteiger partial charge on any atom is 0.175 e. The van der Waals surface area contributed by atoms with Crippen LogP contribution in [0.15, 0.2) is 23.1 Å². The molecule has 5 heteroatoms. The summed E-state index contributed by atoms with van der Waals surface area (Å²) < 4.78 is 35.3. The molecule has 0 heterocycles. The fourth-order valence-corrected chi connectivity index (χ4v) is 1.83. The molecule has 0 radical (unpaired) electrons. The van der Waals surface area contributed by atoms with E-state index in [4.69, 9.17) is 11.6 Å². The molecule has 0 aliphatic rings. The van der Waals surface area contributed by atoms with E-state index in [1.165, 1.54) is 12.1 Å². The van der Waals surface area contributed by atoms with Crippen LogP contribution in [0, 0.1) is 5.82 Å². The zero-order valence-electron chi connectivity index (χ0n) is 7.79. The van der Waals surface area contributed by atoms with Crippen LogP contribution in [-0.4, -0.2) is 14.7 Å². The summed E-state index contributed by atoms with van der Waals surface area (Å²) in [6, 6.07) is 3.60. The van der Waals surface area contributed by atoms with Crippen molar-refractivity contribution in [3.8, 4) is 0 Å². The van der Waals surface area contributed by atoms with Crippen molar-refractivity contribution in [2.24, 2.45) is 0 Å². The molecule has 0 fully saturated rings. The molecule has 0 spiro atoms. The van der Waals surface area contributed by atoms with Crippen LogP contribution in [0.4, 0.5) is 4.39 Å². The van der Waals surface area contributed by atoms with E-state index >= 15 is 0 Å². The average Bonchev–Trinajstić information content (AvgIpc) is 2.01. The van der Waals surface area contributed by atoms with Crippen LogP contribution in [0.5, 0.6) is 0 Å². The quantitative estimate of drug-likeness (QED) is 0.740. The molecule has 0 aromatic heterocycles. The van der Waals surface area contributed by atoms with Crippen molar-refractivity contribution in [1.29, 1.82) is 0 Å². The van der Waals surface area contributed by atoms with Gasteiger partial charge in [-0.1, -0.05) is 0 Å². The lowest BCUT2D eigenvalue weighted by atomic mass is 10.2. The third kappa shape index (κ3) is 2.69. The van der Waals surface area contributed by atoms with Gasteiger partial charge < -0.3 is 0 Å². The van der Waals surface area contributed by atoms with Gasteiger partial charge in [0.1, 0.15) is 5.82 Å². The van der Waals surface area contributed by atoms with Gasteiger partial charge in [0.2, 0.25) is 0 Å². The van der Waals surface area contributed by atoms with Gasteiger partial charge in [-0.2, -0.15) is 0 Å². The maximum atomic E-state index is 13.0. The molecule has 1 aromatic rings. The molecule has 2 nitrogen and oxygen atoms in total. The highest BCUT2D eigenvalue weighted by molar-refractivity contribution is 7.90. The van der Waals surface area contributed by atoms with E-state index < -0.39 is 21.0 Å². The number of benzene rings is 1. The van der Waals surface area contributed by atoms with Gasteiger partial charge in [0, 0.05) is 6.26 Å². The molecular weight excluding hydrogens is 227 g/mol.